The second-order valence-corrected chi connectivity index (χ2v) is 4.94. The summed E-state index contributed by atoms with van der Waals surface area (Å²) >= 11 is 0. The predicted octanol–water partition coefficient (Wildman–Crippen LogP) is 3.56. The molecule has 1 aromatic carbocycles. The highest BCUT2D eigenvalue weighted by atomic mass is 16.5. The van der Waals surface area contributed by atoms with E-state index in [1.807, 2.05) is 6.07 Å². The highest BCUT2D eigenvalue weighted by molar-refractivity contribution is 5.17. The quantitative estimate of drug-likeness (QED) is 0.593. The Kier molecular flexibility index (Phi) is 10.2. The van der Waals surface area contributed by atoms with Crippen molar-refractivity contribution in [1.29, 1.82) is 0 Å². The summed E-state index contributed by atoms with van der Waals surface area (Å²) in [5.74, 6) is 0. The van der Waals surface area contributed by atoms with Crippen LogP contribution < -0.4 is 5.32 Å². The van der Waals surface area contributed by atoms with Gasteiger partial charge in [-0.1, -0.05) is 50.6 Å². The molecule has 20 heavy (non-hydrogen) atoms. The summed E-state index contributed by atoms with van der Waals surface area (Å²) in [6.45, 7) is 8.39. The third-order valence-corrected chi connectivity index (χ3v) is 3.12. The maximum atomic E-state index is 5.97. The Labute approximate surface area is 123 Å². The summed E-state index contributed by atoms with van der Waals surface area (Å²) in [6.07, 6.45) is 3.55. The summed E-state index contributed by atoms with van der Waals surface area (Å²) < 4.78 is 11.5. The lowest BCUT2D eigenvalue weighted by molar-refractivity contribution is 0.00367. The molecule has 0 aliphatic heterocycles. The molecular formula is C17H29NO2. The van der Waals surface area contributed by atoms with Crippen molar-refractivity contribution in [3.05, 3.63) is 35.9 Å². The Balaban J connectivity index is 2.31. The van der Waals surface area contributed by atoms with Crippen LogP contribution in [0.4, 0.5) is 0 Å². The van der Waals surface area contributed by atoms with E-state index in [1.54, 1.807) is 0 Å². The first-order valence-corrected chi connectivity index (χ1v) is 7.83. The van der Waals surface area contributed by atoms with Crippen LogP contribution in [0.25, 0.3) is 0 Å². The molecule has 1 atom stereocenters. The van der Waals surface area contributed by atoms with Gasteiger partial charge in [-0.3, -0.25) is 0 Å². The molecule has 0 heterocycles. The molecule has 114 valence electrons. The molecule has 0 aromatic heterocycles. The smallest absolute Gasteiger partial charge is 0.0950 e. The van der Waals surface area contributed by atoms with E-state index in [0.717, 1.165) is 32.5 Å². The van der Waals surface area contributed by atoms with Gasteiger partial charge in [-0.25, -0.2) is 0 Å². The second-order valence-electron chi connectivity index (χ2n) is 4.94. The first-order valence-electron chi connectivity index (χ1n) is 7.83. The van der Waals surface area contributed by atoms with Crippen molar-refractivity contribution in [3.8, 4) is 0 Å². The third kappa shape index (κ3) is 7.63. The number of benzene rings is 1. The van der Waals surface area contributed by atoms with Crippen molar-refractivity contribution < 1.29 is 9.47 Å². The molecule has 0 fully saturated rings. The van der Waals surface area contributed by atoms with Gasteiger partial charge in [0, 0.05) is 13.2 Å². The molecule has 0 aliphatic rings. The molecule has 0 spiro atoms. The van der Waals surface area contributed by atoms with Crippen molar-refractivity contribution in [2.45, 2.75) is 39.2 Å². The van der Waals surface area contributed by atoms with Crippen LogP contribution in [0.1, 0.15) is 44.8 Å². The summed E-state index contributed by atoms with van der Waals surface area (Å²) in [5.41, 5.74) is 1.23. The maximum Gasteiger partial charge on any atom is 0.0950 e. The standard InChI is InChI=1S/C17H29NO2/c1-3-5-12-19-13-14-20-17(15-18-11-4-2)16-9-7-6-8-10-16/h6-10,17-18H,3-5,11-15H2,1-2H3. The largest absolute Gasteiger partial charge is 0.379 e. The van der Waals surface area contributed by atoms with Gasteiger partial charge in [-0.2, -0.15) is 0 Å². The lowest BCUT2D eigenvalue weighted by atomic mass is 10.1. The fourth-order valence-corrected chi connectivity index (χ4v) is 1.95. The highest BCUT2D eigenvalue weighted by Crippen LogP contribution is 2.16. The van der Waals surface area contributed by atoms with E-state index in [4.69, 9.17) is 9.47 Å². The number of unbranched alkanes of at least 4 members (excludes halogenated alkanes) is 1. The Morgan fingerprint density at radius 2 is 1.80 bits per heavy atom. The van der Waals surface area contributed by atoms with Crippen molar-refractivity contribution in [2.24, 2.45) is 0 Å². The number of ether oxygens (including phenoxy) is 2. The second kappa shape index (κ2) is 11.9. The van der Waals surface area contributed by atoms with E-state index in [9.17, 15) is 0 Å². The fourth-order valence-electron chi connectivity index (χ4n) is 1.95. The van der Waals surface area contributed by atoms with Crippen LogP contribution in [0.2, 0.25) is 0 Å². The number of hydrogen-bond acceptors (Lipinski definition) is 3. The molecule has 1 aromatic rings. The third-order valence-electron chi connectivity index (χ3n) is 3.12. The van der Waals surface area contributed by atoms with Gasteiger partial charge in [0.2, 0.25) is 0 Å². The fraction of sp³-hybridized carbons (Fsp3) is 0.647. The summed E-state index contributed by atoms with van der Waals surface area (Å²) in [4.78, 5) is 0. The molecule has 0 saturated heterocycles. The van der Waals surface area contributed by atoms with Crippen LogP contribution in [0, 0.1) is 0 Å². The van der Waals surface area contributed by atoms with Crippen LogP contribution in [0.5, 0.6) is 0 Å². The normalized spacial score (nSPS) is 12.5. The maximum absolute atomic E-state index is 5.97. The average Bonchev–Trinajstić information content (AvgIpc) is 2.50. The molecular weight excluding hydrogens is 250 g/mol. The van der Waals surface area contributed by atoms with Crippen molar-refractivity contribution in [2.75, 3.05) is 32.9 Å². The molecule has 3 nitrogen and oxygen atoms in total. The first-order chi connectivity index (χ1) is 9.88. The van der Waals surface area contributed by atoms with Gasteiger partial charge in [-0.05, 0) is 24.9 Å². The number of hydrogen-bond donors (Lipinski definition) is 1. The minimum Gasteiger partial charge on any atom is -0.379 e. The molecule has 3 heteroatoms. The average molecular weight is 279 g/mol. The molecule has 0 radical (unpaired) electrons. The van der Waals surface area contributed by atoms with E-state index in [0.29, 0.717) is 13.2 Å². The number of nitrogens with one attached hydrogen (secondary N) is 1. The SMILES string of the molecule is CCCCOCCOC(CNCCC)c1ccccc1. The van der Waals surface area contributed by atoms with Gasteiger partial charge in [0.15, 0.2) is 0 Å². The van der Waals surface area contributed by atoms with Gasteiger partial charge in [-0.15, -0.1) is 0 Å². The zero-order chi connectivity index (χ0) is 14.5. The molecule has 0 saturated carbocycles. The van der Waals surface area contributed by atoms with Crippen LogP contribution >= 0.6 is 0 Å². The van der Waals surface area contributed by atoms with Gasteiger partial charge < -0.3 is 14.8 Å². The van der Waals surface area contributed by atoms with Gasteiger partial charge >= 0.3 is 0 Å². The number of rotatable bonds is 12. The van der Waals surface area contributed by atoms with E-state index >= 15 is 0 Å². The van der Waals surface area contributed by atoms with Crippen molar-refractivity contribution in [1.82, 2.24) is 5.32 Å². The monoisotopic (exact) mass is 279 g/mol. The molecule has 0 amide bonds. The molecule has 1 unspecified atom stereocenters. The van der Waals surface area contributed by atoms with E-state index in [-0.39, 0.29) is 6.10 Å². The van der Waals surface area contributed by atoms with Crippen LogP contribution in [-0.4, -0.2) is 32.9 Å². The highest BCUT2D eigenvalue weighted by Gasteiger charge is 2.10. The summed E-state index contributed by atoms with van der Waals surface area (Å²) in [7, 11) is 0. The molecule has 1 N–H and O–H groups in total. The van der Waals surface area contributed by atoms with E-state index < -0.39 is 0 Å². The first kappa shape index (κ1) is 17.2. The Bertz CT molecular complexity index is 316. The minimum atomic E-state index is 0.109. The molecule has 1 rings (SSSR count). The Morgan fingerprint density at radius 3 is 2.50 bits per heavy atom. The Hall–Kier alpha value is -0.900. The van der Waals surface area contributed by atoms with E-state index in [1.165, 1.54) is 12.0 Å². The predicted molar refractivity (Wildman–Crippen MR) is 84.0 cm³/mol. The van der Waals surface area contributed by atoms with Gasteiger partial charge in [0.1, 0.15) is 0 Å². The van der Waals surface area contributed by atoms with Gasteiger partial charge in [0.25, 0.3) is 0 Å². The topological polar surface area (TPSA) is 30.5 Å². The summed E-state index contributed by atoms with van der Waals surface area (Å²) in [6, 6.07) is 10.4. The zero-order valence-corrected chi connectivity index (χ0v) is 12.9. The van der Waals surface area contributed by atoms with Crippen LogP contribution in [-0.2, 0) is 9.47 Å². The molecule has 0 aliphatic carbocycles. The lowest BCUT2D eigenvalue weighted by Gasteiger charge is -2.19. The zero-order valence-electron chi connectivity index (χ0n) is 12.9. The minimum absolute atomic E-state index is 0.109. The van der Waals surface area contributed by atoms with Crippen LogP contribution in [0.15, 0.2) is 30.3 Å². The molecule has 0 bridgehead atoms. The summed E-state index contributed by atoms with van der Waals surface area (Å²) in [5, 5.41) is 3.43. The van der Waals surface area contributed by atoms with Gasteiger partial charge in [0.05, 0.1) is 19.3 Å². The Morgan fingerprint density at radius 1 is 1.00 bits per heavy atom. The van der Waals surface area contributed by atoms with Crippen molar-refractivity contribution in [3.63, 3.8) is 0 Å². The van der Waals surface area contributed by atoms with E-state index in [2.05, 4.69) is 43.4 Å². The van der Waals surface area contributed by atoms with Crippen molar-refractivity contribution >= 4 is 0 Å². The lowest BCUT2D eigenvalue weighted by Crippen LogP contribution is -2.25. The van der Waals surface area contributed by atoms with Crippen LogP contribution in [0.3, 0.4) is 0 Å².